The summed E-state index contributed by atoms with van der Waals surface area (Å²) < 4.78 is 32.5. The maximum atomic E-state index is 12.5. The van der Waals surface area contributed by atoms with Gasteiger partial charge in [-0.05, 0) is 57.8 Å². The lowest BCUT2D eigenvalue weighted by Crippen LogP contribution is -2.34. The topological polar surface area (TPSA) is 172 Å². The van der Waals surface area contributed by atoms with E-state index in [0.29, 0.717) is 12.8 Å². The summed E-state index contributed by atoms with van der Waals surface area (Å²) in [4.78, 5) is 45.8. The molecule has 0 aliphatic rings. The number of hydrogen-bond donors (Lipinski definition) is 3. The zero-order valence-corrected chi connectivity index (χ0v) is 38.2. The average molecular weight is 864 g/mol. The van der Waals surface area contributed by atoms with E-state index in [1.165, 1.54) is 121 Å². The largest absolute Gasteiger partial charge is 0.480 e. The van der Waals surface area contributed by atoms with Crippen LogP contribution in [0.5, 0.6) is 0 Å². The normalized spacial score (nSPS) is 14.3. The van der Waals surface area contributed by atoms with Crippen molar-refractivity contribution in [2.75, 3.05) is 19.8 Å². The van der Waals surface area contributed by atoms with Crippen molar-refractivity contribution in [2.45, 2.75) is 193 Å². The van der Waals surface area contributed by atoms with Gasteiger partial charge in [0.1, 0.15) is 12.6 Å². The van der Waals surface area contributed by atoms with Crippen LogP contribution in [0.2, 0.25) is 0 Å². The highest BCUT2D eigenvalue weighted by Gasteiger charge is 2.27. The van der Waals surface area contributed by atoms with Crippen molar-refractivity contribution in [1.29, 1.82) is 0 Å². The van der Waals surface area contributed by atoms with Crippen LogP contribution >= 0.6 is 7.82 Å². The van der Waals surface area contributed by atoms with Crippen molar-refractivity contribution in [3.05, 3.63) is 72.9 Å². The molecule has 0 fully saturated rings. The Kier molecular flexibility index (Phi) is 40.4. The second kappa shape index (κ2) is 42.6. The summed E-state index contributed by atoms with van der Waals surface area (Å²) in [6, 6.07) is -1.54. The lowest BCUT2D eigenvalue weighted by atomic mass is 10.1. The molecule has 0 heterocycles. The molecule has 0 aromatic rings. The highest BCUT2D eigenvalue weighted by Crippen LogP contribution is 2.43. The Morgan fingerprint density at radius 3 is 1.50 bits per heavy atom. The van der Waals surface area contributed by atoms with Gasteiger partial charge in [-0.3, -0.25) is 18.6 Å². The lowest BCUT2D eigenvalue weighted by Gasteiger charge is -2.19. The molecule has 0 aliphatic heterocycles. The molecule has 3 atom stereocenters. The number of aliphatic carboxylic acids is 1. The van der Waals surface area contributed by atoms with Crippen LogP contribution in [0, 0.1) is 0 Å². The number of carboxylic acids is 1. The van der Waals surface area contributed by atoms with Crippen molar-refractivity contribution in [3.8, 4) is 0 Å². The number of carbonyl (C=O) groups excluding carboxylic acids is 2. The van der Waals surface area contributed by atoms with Crippen molar-refractivity contribution in [2.24, 2.45) is 5.73 Å². The van der Waals surface area contributed by atoms with Crippen LogP contribution in [-0.4, -0.2) is 59.9 Å². The molecule has 0 amide bonds. The molecule has 0 aromatic heterocycles. The Balaban J connectivity index is 4.51. The van der Waals surface area contributed by atoms with Gasteiger partial charge in [0.15, 0.2) is 6.10 Å². The molecular formula is C48H82NO10P. The number of nitrogens with two attached hydrogens (primary N) is 1. The third kappa shape index (κ3) is 41.6. The van der Waals surface area contributed by atoms with Gasteiger partial charge in [-0.1, -0.05) is 183 Å². The standard InChI is InChI=1S/C48H82NO10P/c1-3-5-7-9-11-13-15-17-19-20-21-22-23-24-26-27-29-31-33-35-37-39-46(50)56-41-44(42-57-60(54,55)58-43-45(49)48(52)53)59-47(51)40-38-36-34-32-30-28-25-18-16-14-12-10-8-6-4-2/h19-20,22-23,26-27,31,33-34,36,38,40,44-45H,3-18,21,24-25,28-30,32,35,37,39,41-43,49H2,1-2H3,(H,52,53)(H,54,55)/b20-19+,23-22+,27-26+,33-31+,36-34+,40-38+/t44-,45-/m0/s1. The molecule has 12 heteroatoms. The number of rotatable bonds is 42. The Hall–Kier alpha value is -3.08. The molecule has 0 aromatic carbocycles. The zero-order chi connectivity index (χ0) is 44.2. The minimum Gasteiger partial charge on any atom is -0.480 e. The van der Waals surface area contributed by atoms with Crippen LogP contribution in [0.3, 0.4) is 0 Å². The SMILES string of the molecule is CCCCCCCCC/C=C/C/C=C/C/C=C/C/C=C/CCCC(=O)OC[C@@H](COP(=O)(O)OC[C@H](N)C(=O)O)OC(=O)/C=C/C=C/CCCCCCCCCCCCC. The molecule has 11 nitrogen and oxygen atoms in total. The number of allylic oxidation sites excluding steroid dienone is 11. The zero-order valence-electron chi connectivity index (χ0n) is 37.3. The highest BCUT2D eigenvalue weighted by molar-refractivity contribution is 7.47. The van der Waals surface area contributed by atoms with Gasteiger partial charge in [-0.15, -0.1) is 0 Å². The van der Waals surface area contributed by atoms with E-state index in [1.54, 1.807) is 6.08 Å². The number of carbonyl (C=O) groups is 3. The summed E-state index contributed by atoms with van der Waals surface area (Å²) in [5.74, 6) is -2.72. The van der Waals surface area contributed by atoms with Crippen molar-refractivity contribution in [1.82, 2.24) is 0 Å². The first-order chi connectivity index (χ1) is 29.1. The van der Waals surface area contributed by atoms with Gasteiger partial charge >= 0.3 is 25.7 Å². The van der Waals surface area contributed by atoms with Crippen molar-refractivity contribution < 1.29 is 47.5 Å². The summed E-state index contributed by atoms with van der Waals surface area (Å²) in [7, 11) is -4.76. The molecule has 0 spiro atoms. The van der Waals surface area contributed by atoms with Crippen LogP contribution < -0.4 is 5.73 Å². The Labute approximate surface area is 363 Å². The van der Waals surface area contributed by atoms with Crippen molar-refractivity contribution in [3.63, 3.8) is 0 Å². The fourth-order valence-electron chi connectivity index (χ4n) is 5.91. The number of carboxylic acid groups (broad SMARTS) is 1. The smallest absolute Gasteiger partial charge is 0.472 e. The van der Waals surface area contributed by atoms with Gasteiger partial charge in [0.2, 0.25) is 0 Å². The Morgan fingerprint density at radius 1 is 0.567 bits per heavy atom. The van der Waals surface area contributed by atoms with Crippen molar-refractivity contribution >= 4 is 25.7 Å². The predicted molar refractivity (Wildman–Crippen MR) is 244 cm³/mol. The van der Waals surface area contributed by atoms with Gasteiger partial charge in [0.05, 0.1) is 13.2 Å². The first-order valence-corrected chi connectivity index (χ1v) is 24.5. The van der Waals surface area contributed by atoms with E-state index in [2.05, 4.69) is 54.8 Å². The Bertz CT molecular complexity index is 1290. The van der Waals surface area contributed by atoms with Crippen LogP contribution in [0.4, 0.5) is 0 Å². The van der Waals surface area contributed by atoms with Gasteiger partial charge in [-0.25, -0.2) is 9.36 Å². The molecule has 0 radical (unpaired) electrons. The maximum absolute atomic E-state index is 12.5. The second-order valence-corrected chi connectivity index (χ2v) is 16.7. The fraction of sp³-hybridized carbons (Fsp3) is 0.688. The molecule has 344 valence electrons. The third-order valence-corrected chi connectivity index (χ3v) is 10.5. The predicted octanol–water partition coefficient (Wildman–Crippen LogP) is 12.5. The minimum absolute atomic E-state index is 0.124. The molecule has 0 bridgehead atoms. The molecule has 60 heavy (non-hydrogen) atoms. The first kappa shape index (κ1) is 56.9. The van der Waals surface area contributed by atoms with Crippen LogP contribution in [0.1, 0.15) is 181 Å². The Morgan fingerprint density at radius 2 is 1.00 bits per heavy atom. The first-order valence-electron chi connectivity index (χ1n) is 23.0. The number of esters is 2. The van der Waals surface area contributed by atoms with Crippen LogP contribution in [-0.2, 0) is 37.5 Å². The third-order valence-electron chi connectivity index (χ3n) is 9.53. The van der Waals surface area contributed by atoms with Crippen LogP contribution in [0.15, 0.2) is 72.9 Å². The molecule has 0 saturated heterocycles. The lowest BCUT2D eigenvalue weighted by molar-refractivity contribution is -0.157. The summed E-state index contributed by atoms with van der Waals surface area (Å²) in [5.41, 5.74) is 5.32. The maximum Gasteiger partial charge on any atom is 0.472 e. The number of unbranched alkanes of at least 4 members (excludes halogenated alkanes) is 19. The average Bonchev–Trinajstić information content (AvgIpc) is 3.22. The van der Waals surface area contributed by atoms with E-state index in [9.17, 15) is 23.8 Å². The molecular weight excluding hydrogens is 781 g/mol. The summed E-state index contributed by atoms with van der Waals surface area (Å²) in [6.07, 6.45) is 51.9. The van der Waals surface area contributed by atoms with E-state index in [-0.39, 0.29) is 6.42 Å². The van der Waals surface area contributed by atoms with E-state index < -0.39 is 57.7 Å². The van der Waals surface area contributed by atoms with E-state index in [0.717, 1.165) is 38.5 Å². The minimum atomic E-state index is -4.76. The highest BCUT2D eigenvalue weighted by atomic mass is 31.2. The summed E-state index contributed by atoms with van der Waals surface area (Å²) >= 11 is 0. The molecule has 0 rings (SSSR count). The number of phosphoric acid groups is 1. The molecule has 0 aliphatic carbocycles. The quantitative estimate of drug-likeness (QED) is 0.0133. The molecule has 1 unspecified atom stereocenters. The monoisotopic (exact) mass is 864 g/mol. The fourth-order valence-corrected chi connectivity index (χ4v) is 6.68. The van der Waals surface area contributed by atoms with Gasteiger partial charge in [0.25, 0.3) is 0 Å². The van der Waals surface area contributed by atoms with Gasteiger partial charge in [0, 0.05) is 12.5 Å². The molecule has 0 saturated carbocycles. The van der Waals surface area contributed by atoms with Crippen LogP contribution in [0.25, 0.3) is 0 Å². The van der Waals surface area contributed by atoms with Gasteiger partial charge < -0.3 is 25.2 Å². The molecule has 4 N–H and O–H groups in total. The van der Waals surface area contributed by atoms with E-state index >= 15 is 0 Å². The number of hydrogen-bond acceptors (Lipinski definition) is 9. The van der Waals surface area contributed by atoms with E-state index in [4.69, 9.17) is 24.8 Å². The summed E-state index contributed by atoms with van der Waals surface area (Å²) in [6.45, 7) is 2.63. The second-order valence-electron chi connectivity index (χ2n) is 15.3. The van der Waals surface area contributed by atoms with Gasteiger partial charge in [-0.2, -0.15) is 0 Å². The number of phosphoric ester groups is 1. The van der Waals surface area contributed by atoms with E-state index in [1.807, 2.05) is 18.2 Å². The summed E-state index contributed by atoms with van der Waals surface area (Å²) in [5, 5.41) is 8.89. The number of ether oxygens (including phenoxy) is 2.